The van der Waals surface area contributed by atoms with Crippen molar-refractivity contribution in [3.05, 3.63) is 58.5 Å². The third-order valence-corrected chi connectivity index (χ3v) is 4.13. The first kappa shape index (κ1) is 19.4. The van der Waals surface area contributed by atoms with Crippen LogP contribution in [0.2, 0.25) is 10.4 Å². The first-order valence-electron chi connectivity index (χ1n) is 8.31. The van der Waals surface area contributed by atoms with E-state index in [1.54, 1.807) is 0 Å². The van der Waals surface area contributed by atoms with Gasteiger partial charge in [-0.2, -0.15) is 0 Å². The van der Waals surface area contributed by atoms with Crippen molar-refractivity contribution in [2.45, 2.75) is 39.7 Å². The molecule has 2 aromatic heterocycles. The summed E-state index contributed by atoms with van der Waals surface area (Å²) >= 11 is 12.0. The molecule has 1 unspecified atom stereocenters. The second kappa shape index (κ2) is 9.54. The van der Waals surface area contributed by atoms with Gasteiger partial charge in [-0.05, 0) is 49.6 Å². The molecule has 0 aromatic carbocycles. The van der Waals surface area contributed by atoms with Gasteiger partial charge in [0.25, 0.3) is 0 Å². The number of fused-ring (bicyclic) bond motifs is 1. The van der Waals surface area contributed by atoms with Crippen LogP contribution in [0.4, 0.5) is 5.82 Å². The fourth-order valence-electron chi connectivity index (χ4n) is 2.51. The van der Waals surface area contributed by atoms with Crippen molar-refractivity contribution in [3.63, 3.8) is 0 Å². The molecule has 1 atom stereocenters. The highest BCUT2D eigenvalue weighted by atomic mass is 35.5. The second-order valence-corrected chi connectivity index (χ2v) is 6.20. The molecule has 0 amide bonds. The third-order valence-electron chi connectivity index (χ3n) is 3.70. The zero-order chi connectivity index (χ0) is 18.2. The Morgan fingerprint density at radius 2 is 1.96 bits per heavy atom. The van der Waals surface area contributed by atoms with Crippen LogP contribution in [0.3, 0.4) is 0 Å². The van der Waals surface area contributed by atoms with Crippen LogP contribution >= 0.6 is 23.2 Å². The molecular weight excluding hydrogens is 355 g/mol. The molecule has 1 N–H and O–H groups in total. The van der Waals surface area contributed by atoms with E-state index in [1.165, 1.54) is 5.57 Å². The van der Waals surface area contributed by atoms with Gasteiger partial charge >= 0.3 is 0 Å². The fraction of sp³-hybridized carbons (Fsp3) is 0.316. The molecule has 6 heteroatoms. The summed E-state index contributed by atoms with van der Waals surface area (Å²) < 4.78 is 0. The molecular formula is C19H22Cl2N4. The number of nitrogens with zero attached hydrogens (tertiary/aromatic N) is 3. The van der Waals surface area contributed by atoms with Gasteiger partial charge in [0.05, 0.1) is 11.6 Å². The van der Waals surface area contributed by atoms with E-state index in [9.17, 15) is 0 Å². The summed E-state index contributed by atoms with van der Waals surface area (Å²) in [5.41, 5.74) is 2.37. The predicted octanol–water partition coefficient (Wildman–Crippen LogP) is 5.99. The van der Waals surface area contributed by atoms with Crippen LogP contribution in [-0.2, 0) is 0 Å². The maximum atomic E-state index is 6.15. The summed E-state index contributed by atoms with van der Waals surface area (Å²) in [4.78, 5) is 12.7. The number of halogens is 2. The van der Waals surface area contributed by atoms with Crippen molar-refractivity contribution >= 4 is 40.1 Å². The van der Waals surface area contributed by atoms with E-state index < -0.39 is 0 Å². The summed E-state index contributed by atoms with van der Waals surface area (Å²) in [7, 11) is 0. The Hall–Kier alpha value is -1.91. The first-order valence-corrected chi connectivity index (χ1v) is 9.06. The number of aromatic nitrogens is 3. The number of anilines is 1. The minimum atomic E-state index is 0.120. The van der Waals surface area contributed by atoms with E-state index in [2.05, 4.69) is 39.3 Å². The van der Waals surface area contributed by atoms with E-state index >= 15 is 0 Å². The molecule has 2 aromatic rings. The van der Waals surface area contributed by atoms with Gasteiger partial charge in [-0.3, -0.25) is 0 Å². The molecule has 0 aliphatic carbocycles. The topological polar surface area (TPSA) is 50.7 Å². The molecule has 0 saturated heterocycles. The maximum Gasteiger partial charge on any atom is 0.224 e. The fourth-order valence-corrected chi connectivity index (χ4v) is 2.95. The Kier molecular flexibility index (Phi) is 7.41. The molecule has 0 radical (unpaired) electrons. The molecule has 0 saturated carbocycles. The van der Waals surface area contributed by atoms with Crippen molar-refractivity contribution in [2.75, 3.05) is 5.32 Å². The highest BCUT2D eigenvalue weighted by Gasteiger charge is 2.13. The maximum absolute atomic E-state index is 6.15. The Labute approximate surface area is 158 Å². The molecule has 25 heavy (non-hydrogen) atoms. The monoisotopic (exact) mass is 376 g/mol. The average Bonchev–Trinajstić information content (AvgIpc) is 2.59. The number of pyridine rings is 1. The molecule has 4 nitrogen and oxygen atoms in total. The molecule has 0 aliphatic rings. The van der Waals surface area contributed by atoms with E-state index in [0.717, 1.165) is 18.7 Å². The van der Waals surface area contributed by atoms with E-state index in [1.807, 2.05) is 44.2 Å². The summed E-state index contributed by atoms with van der Waals surface area (Å²) in [6, 6.07) is 3.89. The van der Waals surface area contributed by atoms with Crippen LogP contribution in [0.25, 0.3) is 11.0 Å². The number of nitrogens with one attached hydrogen (secondary N) is 1. The summed E-state index contributed by atoms with van der Waals surface area (Å²) in [5, 5.41) is 3.86. The minimum Gasteiger partial charge on any atom is -0.363 e. The lowest BCUT2D eigenvalue weighted by atomic mass is 10.0. The molecule has 132 valence electrons. The largest absolute Gasteiger partial charge is 0.363 e. The molecule has 0 fully saturated rings. The summed E-state index contributed by atoms with van der Waals surface area (Å²) in [5.74, 6) is 0.734. The number of hydrogen-bond acceptors (Lipinski definition) is 4. The lowest BCUT2D eigenvalue weighted by Gasteiger charge is -2.20. The lowest BCUT2D eigenvalue weighted by molar-refractivity contribution is 0.717. The Morgan fingerprint density at radius 3 is 2.64 bits per heavy atom. The average molecular weight is 377 g/mol. The van der Waals surface area contributed by atoms with Crippen molar-refractivity contribution in [1.82, 2.24) is 15.0 Å². The smallest absolute Gasteiger partial charge is 0.224 e. The highest BCUT2D eigenvalue weighted by Crippen LogP contribution is 2.23. The summed E-state index contributed by atoms with van der Waals surface area (Å²) in [6.45, 7) is 6.21. The number of rotatable bonds is 7. The quantitative estimate of drug-likeness (QED) is 0.366. The molecule has 0 aliphatic heterocycles. The number of hydrogen-bond donors (Lipinski definition) is 1. The summed E-state index contributed by atoms with van der Waals surface area (Å²) in [6.07, 6.45) is 12.3. The van der Waals surface area contributed by atoms with E-state index in [0.29, 0.717) is 11.0 Å². The number of allylic oxidation sites excluding steroid dienone is 4. The van der Waals surface area contributed by atoms with Gasteiger partial charge in [-0.1, -0.05) is 55.3 Å². The van der Waals surface area contributed by atoms with Crippen LogP contribution in [0.5, 0.6) is 0 Å². The van der Waals surface area contributed by atoms with Gasteiger partial charge < -0.3 is 5.32 Å². The van der Waals surface area contributed by atoms with Crippen molar-refractivity contribution < 1.29 is 0 Å². The van der Waals surface area contributed by atoms with Crippen LogP contribution in [0, 0.1) is 0 Å². The van der Waals surface area contributed by atoms with Crippen LogP contribution in [0.15, 0.2) is 48.1 Å². The zero-order valence-corrected chi connectivity index (χ0v) is 16.1. The van der Waals surface area contributed by atoms with Gasteiger partial charge in [0.2, 0.25) is 5.28 Å². The van der Waals surface area contributed by atoms with Gasteiger partial charge in [0.15, 0.2) is 5.15 Å². The van der Waals surface area contributed by atoms with E-state index in [-0.39, 0.29) is 16.5 Å². The third kappa shape index (κ3) is 5.28. The van der Waals surface area contributed by atoms with Crippen molar-refractivity contribution in [3.8, 4) is 0 Å². The molecule has 0 spiro atoms. The van der Waals surface area contributed by atoms with E-state index in [4.69, 9.17) is 23.2 Å². The van der Waals surface area contributed by atoms with Crippen LogP contribution in [0.1, 0.15) is 33.6 Å². The van der Waals surface area contributed by atoms with Crippen molar-refractivity contribution in [1.29, 1.82) is 0 Å². The van der Waals surface area contributed by atoms with Gasteiger partial charge in [-0.15, -0.1) is 0 Å². The van der Waals surface area contributed by atoms with Crippen LogP contribution < -0.4 is 5.32 Å². The van der Waals surface area contributed by atoms with Gasteiger partial charge in [0.1, 0.15) is 11.3 Å². The second-order valence-electron chi connectivity index (χ2n) is 5.51. The molecule has 0 bridgehead atoms. The Balaban J connectivity index is 2.31. The molecule has 2 heterocycles. The minimum absolute atomic E-state index is 0.120. The molecule has 2 rings (SSSR count). The predicted molar refractivity (Wildman–Crippen MR) is 107 cm³/mol. The standard InChI is InChI=1S/C19H22Cl2N4/c1-4-7-8-10-13(6-3)14(9-5-2)22-16-12-11-15-17(24-16)18(20)25-19(21)23-15/h4,6-8,10-12,14H,5,9H2,1-3H3,(H,22,24)/b7-4-,10-8-,13-6+. The van der Waals surface area contributed by atoms with Gasteiger partial charge in [0, 0.05) is 0 Å². The van der Waals surface area contributed by atoms with Gasteiger partial charge in [-0.25, -0.2) is 15.0 Å². The van der Waals surface area contributed by atoms with Crippen molar-refractivity contribution in [2.24, 2.45) is 0 Å². The Morgan fingerprint density at radius 1 is 1.16 bits per heavy atom. The first-order chi connectivity index (χ1) is 12.1. The SMILES string of the molecule is C\C=C/C=C\C(=C/C)C(CCC)Nc1ccc2nc(Cl)nc(Cl)c2n1. The Bertz CT molecular complexity index is 812. The zero-order valence-electron chi connectivity index (χ0n) is 14.6. The van der Waals surface area contributed by atoms with Crippen LogP contribution in [-0.4, -0.2) is 21.0 Å². The lowest BCUT2D eigenvalue weighted by Crippen LogP contribution is -2.21. The normalized spacial score (nSPS) is 13.9. The highest BCUT2D eigenvalue weighted by molar-refractivity contribution is 6.35.